The monoisotopic (exact) mass is 386 g/mol. The van der Waals surface area contributed by atoms with Crippen LogP contribution in [0.3, 0.4) is 0 Å². The second-order valence-electron chi connectivity index (χ2n) is 8.59. The Morgan fingerprint density at radius 3 is 2.44 bits per heavy atom. The molecule has 0 saturated carbocycles. The molecule has 1 aliphatic heterocycles. The average molecular weight is 387 g/mol. The van der Waals surface area contributed by atoms with Crippen LogP contribution >= 0.6 is 11.8 Å². The van der Waals surface area contributed by atoms with Gasteiger partial charge in [-0.3, -0.25) is 0 Å². The Bertz CT molecular complexity index is 1250. The molecule has 0 amide bonds. The van der Waals surface area contributed by atoms with E-state index in [9.17, 15) is 0 Å². The lowest BCUT2D eigenvalue weighted by Crippen LogP contribution is -2.45. The Kier molecular flexibility index (Phi) is 3.59. The zero-order valence-corrected chi connectivity index (χ0v) is 18.4. The van der Waals surface area contributed by atoms with Crippen LogP contribution in [0.4, 0.5) is 0 Å². The highest BCUT2D eigenvalue weighted by molar-refractivity contribution is 8.00. The van der Waals surface area contributed by atoms with Crippen molar-refractivity contribution in [2.24, 2.45) is 7.05 Å². The van der Waals surface area contributed by atoms with E-state index in [-0.39, 0.29) is 0 Å². The van der Waals surface area contributed by atoms with Crippen LogP contribution in [0.5, 0.6) is 0 Å². The van der Waals surface area contributed by atoms with Crippen LogP contribution in [0.1, 0.15) is 5.56 Å². The SMILES string of the molecule is Cc1ccc2cccc3c2c1-c1c(c([Si](C)(C)C)c2ccccc2[n+]1C)S3. The summed E-state index contributed by atoms with van der Waals surface area (Å²) in [7, 11) is 0.682. The van der Waals surface area contributed by atoms with E-state index in [1.807, 2.05) is 11.8 Å². The predicted molar refractivity (Wildman–Crippen MR) is 120 cm³/mol. The lowest BCUT2D eigenvalue weighted by molar-refractivity contribution is -0.635. The fourth-order valence-corrected chi connectivity index (χ4v) is 8.69. The number of para-hydroxylation sites is 1. The summed E-state index contributed by atoms with van der Waals surface area (Å²) in [6, 6.07) is 20.2. The van der Waals surface area contributed by atoms with Crippen LogP contribution in [-0.2, 0) is 7.05 Å². The van der Waals surface area contributed by atoms with Crippen LogP contribution in [0.2, 0.25) is 19.6 Å². The van der Waals surface area contributed by atoms with Gasteiger partial charge in [0.15, 0.2) is 0 Å². The molecule has 134 valence electrons. The first-order valence-electron chi connectivity index (χ1n) is 9.53. The number of fused-ring (bicyclic) bond motifs is 3. The highest BCUT2D eigenvalue weighted by Gasteiger charge is 2.36. The summed E-state index contributed by atoms with van der Waals surface area (Å²) >= 11 is 1.98. The molecule has 3 aromatic carbocycles. The normalized spacial score (nSPS) is 13.2. The zero-order valence-electron chi connectivity index (χ0n) is 16.6. The molecule has 0 spiro atoms. The molecule has 0 N–H and O–H groups in total. The third-order valence-corrected chi connectivity index (χ3v) is 9.09. The van der Waals surface area contributed by atoms with Crippen molar-refractivity contribution >= 4 is 46.7 Å². The molecule has 0 fully saturated rings. The molecule has 0 unspecified atom stereocenters. The molecular weight excluding hydrogens is 362 g/mol. The van der Waals surface area contributed by atoms with Gasteiger partial charge in [0.05, 0.1) is 18.5 Å². The van der Waals surface area contributed by atoms with E-state index in [0.29, 0.717) is 0 Å². The van der Waals surface area contributed by atoms with Gasteiger partial charge in [-0.2, -0.15) is 4.57 Å². The van der Waals surface area contributed by atoms with Crippen molar-refractivity contribution < 1.29 is 4.57 Å². The minimum Gasteiger partial charge on any atom is -0.193 e. The molecule has 2 heterocycles. The van der Waals surface area contributed by atoms with Gasteiger partial charge in [0.2, 0.25) is 11.2 Å². The van der Waals surface area contributed by atoms with Gasteiger partial charge in [-0.25, -0.2) is 0 Å². The molecule has 4 aromatic rings. The number of nitrogens with zero attached hydrogens (tertiary/aromatic N) is 1. The molecule has 0 atom stereocenters. The minimum atomic E-state index is -1.56. The summed E-state index contributed by atoms with van der Waals surface area (Å²) in [5, 5.41) is 5.79. The molecule has 0 bridgehead atoms. The van der Waals surface area contributed by atoms with Gasteiger partial charge < -0.3 is 0 Å². The maximum atomic E-state index is 2.48. The van der Waals surface area contributed by atoms with Crippen molar-refractivity contribution in [3.63, 3.8) is 0 Å². The number of aryl methyl sites for hydroxylation is 2. The average Bonchev–Trinajstić information content (AvgIpc) is 2.63. The van der Waals surface area contributed by atoms with Gasteiger partial charge in [0.25, 0.3) is 0 Å². The van der Waals surface area contributed by atoms with Crippen molar-refractivity contribution in [2.75, 3.05) is 0 Å². The summed E-state index contributed by atoms with van der Waals surface area (Å²) in [6.07, 6.45) is 0. The zero-order chi connectivity index (χ0) is 18.9. The van der Waals surface area contributed by atoms with E-state index in [4.69, 9.17) is 0 Å². The summed E-state index contributed by atoms with van der Waals surface area (Å²) < 4.78 is 2.43. The van der Waals surface area contributed by atoms with E-state index in [0.717, 1.165) is 0 Å². The van der Waals surface area contributed by atoms with Gasteiger partial charge in [-0.15, -0.1) is 0 Å². The molecule has 0 radical (unpaired) electrons. The fraction of sp³-hybridized carbons (Fsp3) is 0.208. The number of hydrogen-bond donors (Lipinski definition) is 0. The Hall–Kier alpha value is -2.10. The number of rotatable bonds is 1. The Morgan fingerprint density at radius 1 is 0.889 bits per heavy atom. The van der Waals surface area contributed by atoms with Crippen LogP contribution in [0.25, 0.3) is 32.9 Å². The fourth-order valence-electron chi connectivity index (χ4n) is 4.57. The van der Waals surface area contributed by atoms with Crippen molar-refractivity contribution in [3.05, 3.63) is 60.2 Å². The van der Waals surface area contributed by atoms with Gasteiger partial charge >= 0.3 is 0 Å². The largest absolute Gasteiger partial charge is 0.227 e. The third kappa shape index (κ3) is 2.35. The van der Waals surface area contributed by atoms with E-state index in [2.05, 4.69) is 92.8 Å². The van der Waals surface area contributed by atoms with E-state index < -0.39 is 8.07 Å². The maximum absolute atomic E-state index is 2.48. The predicted octanol–water partition coefficient (Wildman–Crippen LogP) is 5.80. The highest BCUT2D eigenvalue weighted by atomic mass is 32.2. The Balaban J connectivity index is 2.07. The number of benzene rings is 3. The molecule has 3 heteroatoms. The first-order valence-corrected chi connectivity index (χ1v) is 13.9. The van der Waals surface area contributed by atoms with Gasteiger partial charge in [0, 0.05) is 21.7 Å². The lowest BCUT2D eigenvalue weighted by Gasteiger charge is -2.27. The quantitative estimate of drug-likeness (QED) is 0.260. The van der Waals surface area contributed by atoms with Crippen LogP contribution in [0, 0.1) is 6.92 Å². The van der Waals surface area contributed by atoms with Gasteiger partial charge in [0.1, 0.15) is 7.05 Å². The second kappa shape index (κ2) is 5.70. The van der Waals surface area contributed by atoms with Crippen molar-refractivity contribution in [1.82, 2.24) is 0 Å². The lowest BCUT2D eigenvalue weighted by atomic mass is 9.95. The van der Waals surface area contributed by atoms with Crippen molar-refractivity contribution in [3.8, 4) is 11.3 Å². The molecule has 1 aliphatic rings. The van der Waals surface area contributed by atoms with E-state index >= 15 is 0 Å². The maximum Gasteiger partial charge on any atom is 0.227 e. The molecule has 1 nitrogen and oxygen atoms in total. The van der Waals surface area contributed by atoms with Gasteiger partial charge in [-0.1, -0.05) is 67.8 Å². The molecule has 0 saturated heterocycles. The Morgan fingerprint density at radius 2 is 1.67 bits per heavy atom. The minimum absolute atomic E-state index is 1.34. The Labute approximate surface area is 166 Å². The molecule has 1 aromatic heterocycles. The molecule has 0 aliphatic carbocycles. The summed E-state index contributed by atoms with van der Waals surface area (Å²) in [5.41, 5.74) is 5.52. The van der Waals surface area contributed by atoms with Crippen LogP contribution < -0.4 is 9.75 Å². The van der Waals surface area contributed by atoms with Crippen molar-refractivity contribution in [2.45, 2.75) is 36.4 Å². The number of hydrogen-bond acceptors (Lipinski definition) is 1. The third-order valence-electron chi connectivity index (χ3n) is 5.73. The van der Waals surface area contributed by atoms with Gasteiger partial charge in [-0.05, 0) is 35.2 Å². The standard InChI is InChI=1S/C24H24NSSi/c1-15-13-14-16-9-8-12-19-21(16)20(15)22-23(26-19)24(27(3,4)5)17-10-6-7-11-18(17)25(22)2/h6-14H,1-5H3/q+1. The number of aromatic nitrogens is 1. The second-order valence-corrected chi connectivity index (χ2v) is 14.6. The topological polar surface area (TPSA) is 3.88 Å². The molecule has 5 rings (SSSR count). The van der Waals surface area contributed by atoms with Crippen molar-refractivity contribution in [1.29, 1.82) is 0 Å². The van der Waals surface area contributed by atoms with E-state index in [1.54, 1.807) is 5.19 Å². The first-order chi connectivity index (χ1) is 12.9. The van der Waals surface area contributed by atoms with Crippen LogP contribution in [0.15, 0.2) is 64.4 Å². The summed E-state index contributed by atoms with van der Waals surface area (Å²) in [5.74, 6) is 0. The summed E-state index contributed by atoms with van der Waals surface area (Å²) in [6.45, 7) is 9.69. The molecular formula is C24H24NSSi+. The summed E-state index contributed by atoms with van der Waals surface area (Å²) in [4.78, 5) is 2.87. The first kappa shape index (κ1) is 17.0. The molecule has 27 heavy (non-hydrogen) atoms. The highest BCUT2D eigenvalue weighted by Crippen LogP contribution is 2.48. The van der Waals surface area contributed by atoms with Crippen LogP contribution in [-0.4, -0.2) is 8.07 Å². The number of pyridine rings is 1. The van der Waals surface area contributed by atoms with E-state index in [1.165, 1.54) is 48.3 Å². The smallest absolute Gasteiger partial charge is 0.193 e.